The van der Waals surface area contributed by atoms with E-state index >= 15 is 0 Å². The van der Waals surface area contributed by atoms with Gasteiger partial charge in [0.2, 0.25) is 0 Å². The van der Waals surface area contributed by atoms with Gasteiger partial charge in [0, 0.05) is 21.9 Å². The van der Waals surface area contributed by atoms with Gasteiger partial charge in [-0.25, -0.2) is 0 Å². The third-order valence-corrected chi connectivity index (χ3v) is 3.43. The predicted molar refractivity (Wildman–Crippen MR) is 83.9 cm³/mol. The standard InChI is InChI=1S/C14H14BrN3O2/c1-20-9-3-5-11(15)13(7-9)18-14(19)10-4-2-8(16)6-12(10)17/h2-7H,16-17H2,1H3,(H,18,19). The van der Waals surface area contributed by atoms with Crippen LogP contribution in [0, 0.1) is 0 Å². The number of halogens is 1. The molecule has 5 nitrogen and oxygen atoms in total. The maximum absolute atomic E-state index is 12.2. The van der Waals surface area contributed by atoms with Crippen molar-refractivity contribution in [1.29, 1.82) is 0 Å². The third-order valence-electron chi connectivity index (χ3n) is 2.74. The van der Waals surface area contributed by atoms with Gasteiger partial charge in [-0.2, -0.15) is 0 Å². The average molecular weight is 336 g/mol. The lowest BCUT2D eigenvalue weighted by atomic mass is 10.1. The second-order valence-corrected chi connectivity index (χ2v) is 5.00. The fourth-order valence-electron chi connectivity index (χ4n) is 1.70. The van der Waals surface area contributed by atoms with E-state index in [4.69, 9.17) is 16.2 Å². The minimum atomic E-state index is -0.309. The van der Waals surface area contributed by atoms with E-state index in [9.17, 15) is 4.79 Å². The average Bonchev–Trinajstić information content (AvgIpc) is 2.41. The van der Waals surface area contributed by atoms with Gasteiger partial charge in [-0.15, -0.1) is 0 Å². The van der Waals surface area contributed by atoms with E-state index < -0.39 is 0 Å². The highest BCUT2D eigenvalue weighted by Crippen LogP contribution is 2.28. The van der Waals surface area contributed by atoms with Gasteiger partial charge in [-0.3, -0.25) is 4.79 Å². The summed E-state index contributed by atoms with van der Waals surface area (Å²) >= 11 is 3.37. The number of amides is 1. The van der Waals surface area contributed by atoms with E-state index in [0.717, 1.165) is 4.47 Å². The van der Waals surface area contributed by atoms with Crippen LogP contribution >= 0.6 is 15.9 Å². The van der Waals surface area contributed by atoms with Gasteiger partial charge < -0.3 is 21.5 Å². The Labute approximate surface area is 125 Å². The van der Waals surface area contributed by atoms with Crippen molar-refractivity contribution in [1.82, 2.24) is 0 Å². The molecule has 0 spiro atoms. The molecular formula is C14H14BrN3O2. The molecule has 0 aliphatic heterocycles. The zero-order valence-electron chi connectivity index (χ0n) is 10.8. The Morgan fingerprint density at radius 2 is 1.95 bits per heavy atom. The summed E-state index contributed by atoms with van der Waals surface area (Å²) in [6.45, 7) is 0. The number of carbonyl (C=O) groups is 1. The number of nitrogens with two attached hydrogens (primary N) is 2. The van der Waals surface area contributed by atoms with Crippen molar-refractivity contribution >= 4 is 38.9 Å². The fourth-order valence-corrected chi connectivity index (χ4v) is 2.05. The quantitative estimate of drug-likeness (QED) is 0.752. The molecule has 0 radical (unpaired) electrons. The molecule has 20 heavy (non-hydrogen) atoms. The molecule has 0 bridgehead atoms. The summed E-state index contributed by atoms with van der Waals surface area (Å²) in [5.74, 6) is 0.338. The van der Waals surface area contributed by atoms with E-state index in [1.54, 1.807) is 43.5 Å². The Kier molecular flexibility index (Phi) is 4.14. The molecule has 104 valence electrons. The molecule has 0 saturated heterocycles. The smallest absolute Gasteiger partial charge is 0.257 e. The predicted octanol–water partition coefficient (Wildman–Crippen LogP) is 2.87. The van der Waals surface area contributed by atoms with Crippen molar-refractivity contribution in [3.63, 3.8) is 0 Å². The van der Waals surface area contributed by atoms with Gasteiger partial charge in [0.1, 0.15) is 5.75 Å². The SMILES string of the molecule is COc1ccc(Br)c(NC(=O)c2ccc(N)cc2N)c1. The number of methoxy groups -OCH3 is 1. The molecule has 0 fully saturated rings. The summed E-state index contributed by atoms with van der Waals surface area (Å²) in [6, 6.07) is 10.1. The molecule has 1 amide bonds. The van der Waals surface area contributed by atoms with Crippen molar-refractivity contribution in [3.8, 4) is 5.75 Å². The molecule has 0 aromatic heterocycles. The van der Waals surface area contributed by atoms with Gasteiger partial charge >= 0.3 is 0 Å². The van der Waals surface area contributed by atoms with Crippen LogP contribution in [0.2, 0.25) is 0 Å². The Hall–Kier alpha value is -2.21. The van der Waals surface area contributed by atoms with Crippen molar-refractivity contribution in [2.75, 3.05) is 23.9 Å². The van der Waals surface area contributed by atoms with E-state index in [1.165, 1.54) is 0 Å². The summed E-state index contributed by atoms with van der Waals surface area (Å²) in [5, 5.41) is 2.77. The van der Waals surface area contributed by atoms with Crippen LogP contribution in [0.15, 0.2) is 40.9 Å². The highest BCUT2D eigenvalue weighted by molar-refractivity contribution is 9.10. The number of nitrogen functional groups attached to an aromatic ring is 2. The number of hydrogen-bond donors (Lipinski definition) is 3. The summed E-state index contributed by atoms with van der Waals surface area (Å²) in [6.07, 6.45) is 0. The van der Waals surface area contributed by atoms with Crippen molar-refractivity contribution in [2.24, 2.45) is 0 Å². The van der Waals surface area contributed by atoms with Gasteiger partial charge in [0.25, 0.3) is 5.91 Å². The van der Waals surface area contributed by atoms with Gasteiger partial charge in [0.05, 0.1) is 18.4 Å². The van der Waals surface area contributed by atoms with Crippen LogP contribution in [0.1, 0.15) is 10.4 Å². The maximum atomic E-state index is 12.2. The normalized spacial score (nSPS) is 10.1. The van der Waals surface area contributed by atoms with Crippen LogP contribution in [0.4, 0.5) is 17.1 Å². The van der Waals surface area contributed by atoms with E-state index in [2.05, 4.69) is 21.2 Å². The number of benzene rings is 2. The molecule has 0 atom stereocenters. The van der Waals surface area contributed by atoms with Crippen LogP contribution < -0.4 is 21.5 Å². The summed E-state index contributed by atoms with van der Waals surface area (Å²) in [5.41, 5.74) is 13.2. The number of carbonyl (C=O) groups excluding carboxylic acids is 1. The highest BCUT2D eigenvalue weighted by atomic mass is 79.9. The van der Waals surface area contributed by atoms with E-state index in [1.807, 2.05) is 0 Å². The lowest BCUT2D eigenvalue weighted by Crippen LogP contribution is -2.14. The first-order valence-electron chi connectivity index (χ1n) is 5.81. The first-order chi connectivity index (χ1) is 9.51. The number of rotatable bonds is 3. The van der Waals surface area contributed by atoms with Crippen molar-refractivity contribution in [3.05, 3.63) is 46.4 Å². The van der Waals surface area contributed by atoms with Crippen molar-refractivity contribution in [2.45, 2.75) is 0 Å². The summed E-state index contributed by atoms with van der Waals surface area (Å²) < 4.78 is 5.87. The van der Waals surface area contributed by atoms with Gasteiger partial charge in [0.15, 0.2) is 0 Å². The molecule has 0 heterocycles. The van der Waals surface area contributed by atoms with E-state index in [0.29, 0.717) is 28.4 Å². The monoisotopic (exact) mass is 335 g/mol. The molecule has 0 unspecified atom stereocenters. The second-order valence-electron chi connectivity index (χ2n) is 4.15. The maximum Gasteiger partial charge on any atom is 0.257 e. The third kappa shape index (κ3) is 3.03. The van der Waals surface area contributed by atoms with Crippen LogP contribution in [0.5, 0.6) is 5.75 Å². The molecule has 5 N–H and O–H groups in total. The highest BCUT2D eigenvalue weighted by Gasteiger charge is 2.12. The van der Waals surface area contributed by atoms with E-state index in [-0.39, 0.29) is 5.91 Å². The molecule has 0 saturated carbocycles. The van der Waals surface area contributed by atoms with Crippen molar-refractivity contribution < 1.29 is 9.53 Å². The van der Waals surface area contributed by atoms with Crippen LogP contribution in [-0.2, 0) is 0 Å². The Morgan fingerprint density at radius 1 is 1.20 bits per heavy atom. The minimum absolute atomic E-state index is 0.309. The topological polar surface area (TPSA) is 90.4 Å². The van der Waals surface area contributed by atoms with Gasteiger partial charge in [-0.05, 0) is 46.3 Å². The largest absolute Gasteiger partial charge is 0.497 e. The van der Waals surface area contributed by atoms with Gasteiger partial charge in [-0.1, -0.05) is 0 Å². The minimum Gasteiger partial charge on any atom is -0.497 e. The molecule has 0 aliphatic rings. The summed E-state index contributed by atoms with van der Waals surface area (Å²) in [7, 11) is 1.56. The second kappa shape index (κ2) is 5.83. The summed E-state index contributed by atoms with van der Waals surface area (Å²) in [4.78, 5) is 12.2. The van der Waals surface area contributed by atoms with Crippen LogP contribution in [0.3, 0.4) is 0 Å². The lowest BCUT2D eigenvalue weighted by Gasteiger charge is -2.11. The Balaban J connectivity index is 2.27. The fraction of sp³-hybridized carbons (Fsp3) is 0.0714. The lowest BCUT2D eigenvalue weighted by molar-refractivity contribution is 0.102. The number of hydrogen-bond acceptors (Lipinski definition) is 4. The zero-order chi connectivity index (χ0) is 14.7. The molecule has 2 aromatic rings. The first kappa shape index (κ1) is 14.2. The van der Waals surface area contributed by atoms with Crippen LogP contribution in [0.25, 0.3) is 0 Å². The number of nitrogens with one attached hydrogen (secondary N) is 1. The zero-order valence-corrected chi connectivity index (χ0v) is 12.4. The first-order valence-corrected chi connectivity index (χ1v) is 6.60. The molecule has 2 rings (SSSR count). The molecule has 2 aromatic carbocycles. The molecule has 6 heteroatoms. The number of ether oxygens (including phenoxy) is 1. The Bertz CT molecular complexity index is 659. The van der Waals surface area contributed by atoms with Crippen LogP contribution in [-0.4, -0.2) is 13.0 Å². The molecule has 0 aliphatic carbocycles. The molecular weight excluding hydrogens is 322 g/mol. The Morgan fingerprint density at radius 3 is 2.60 bits per heavy atom. The number of anilines is 3.